The summed E-state index contributed by atoms with van der Waals surface area (Å²) in [4.78, 5) is 27.3. The van der Waals surface area contributed by atoms with Crippen molar-refractivity contribution < 1.29 is 22.7 Å². The SMILES string of the molecule is CCNC(=O)[C@H](C)N(Cc1cccc(Br)c1)C(=O)CN(c1ccc(OCC)cc1)S(C)(=O)=O. The Kier molecular flexibility index (Phi) is 9.72. The first-order valence-electron chi connectivity index (χ1n) is 10.6. The third kappa shape index (κ3) is 7.75. The van der Waals surface area contributed by atoms with Gasteiger partial charge in [0.15, 0.2) is 0 Å². The highest BCUT2D eigenvalue weighted by atomic mass is 79.9. The van der Waals surface area contributed by atoms with Gasteiger partial charge < -0.3 is 15.0 Å². The number of nitrogens with one attached hydrogen (secondary N) is 1. The molecule has 0 saturated heterocycles. The van der Waals surface area contributed by atoms with E-state index in [2.05, 4.69) is 21.2 Å². The van der Waals surface area contributed by atoms with E-state index in [0.717, 1.165) is 20.6 Å². The average Bonchev–Trinajstić information content (AvgIpc) is 2.75. The first-order valence-corrected chi connectivity index (χ1v) is 13.2. The van der Waals surface area contributed by atoms with Gasteiger partial charge in [-0.15, -0.1) is 0 Å². The van der Waals surface area contributed by atoms with Gasteiger partial charge in [0.05, 0.1) is 18.6 Å². The molecule has 1 N–H and O–H groups in total. The molecule has 1 atom stereocenters. The molecule has 0 spiro atoms. The molecule has 8 nitrogen and oxygen atoms in total. The monoisotopic (exact) mass is 539 g/mol. The fourth-order valence-corrected chi connectivity index (χ4v) is 4.52. The van der Waals surface area contributed by atoms with Crippen molar-refractivity contribution >= 4 is 43.5 Å². The van der Waals surface area contributed by atoms with E-state index >= 15 is 0 Å². The van der Waals surface area contributed by atoms with E-state index in [0.29, 0.717) is 24.6 Å². The summed E-state index contributed by atoms with van der Waals surface area (Å²) in [5.74, 6) is -0.206. The van der Waals surface area contributed by atoms with E-state index in [9.17, 15) is 18.0 Å². The van der Waals surface area contributed by atoms with Crippen LogP contribution in [0.1, 0.15) is 26.3 Å². The molecule has 10 heteroatoms. The topological polar surface area (TPSA) is 96.0 Å². The Bertz CT molecular complexity index is 1060. The number of rotatable bonds is 11. The van der Waals surface area contributed by atoms with E-state index in [4.69, 9.17) is 4.74 Å². The summed E-state index contributed by atoms with van der Waals surface area (Å²) in [6, 6.07) is 13.1. The lowest BCUT2D eigenvalue weighted by Crippen LogP contribution is -2.51. The van der Waals surface area contributed by atoms with Crippen LogP contribution < -0.4 is 14.4 Å². The van der Waals surface area contributed by atoms with Gasteiger partial charge in [-0.25, -0.2) is 8.42 Å². The Morgan fingerprint density at radius 1 is 1.12 bits per heavy atom. The maximum absolute atomic E-state index is 13.4. The van der Waals surface area contributed by atoms with Crippen molar-refractivity contribution in [3.63, 3.8) is 0 Å². The Hall–Kier alpha value is -2.59. The summed E-state index contributed by atoms with van der Waals surface area (Å²) >= 11 is 3.41. The minimum atomic E-state index is -3.77. The van der Waals surface area contributed by atoms with Gasteiger partial charge in [-0.1, -0.05) is 28.1 Å². The number of carbonyl (C=O) groups excluding carboxylic acids is 2. The maximum Gasteiger partial charge on any atom is 0.244 e. The lowest BCUT2D eigenvalue weighted by molar-refractivity contribution is -0.139. The van der Waals surface area contributed by atoms with Crippen LogP contribution in [0.15, 0.2) is 53.0 Å². The summed E-state index contributed by atoms with van der Waals surface area (Å²) in [5.41, 5.74) is 1.14. The van der Waals surface area contributed by atoms with Gasteiger partial charge in [0.25, 0.3) is 0 Å². The second-order valence-corrected chi connectivity index (χ2v) is 10.2. The first-order chi connectivity index (χ1) is 15.6. The van der Waals surface area contributed by atoms with E-state index in [1.807, 2.05) is 31.2 Å². The summed E-state index contributed by atoms with van der Waals surface area (Å²) in [6.45, 7) is 5.89. The standard InChI is InChI=1S/C23H30BrN3O5S/c1-5-25-23(29)17(3)26(15-18-8-7-9-19(24)14-18)22(28)16-27(33(4,30)31)20-10-12-21(13-11-20)32-6-2/h7-14,17H,5-6,15-16H2,1-4H3,(H,25,29)/t17-/m0/s1. The van der Waals surface area contributed by atoms with Gasteiger partial charge in [0, 0.05) is 17.6 Å². The maximum atomic E-state index is 13.4. The minimum absolute atomic E-state index is 0.150. The summed E-state index contributed by atoms with van der Waals surface area (Å²) in [7, 11) is -3.77. The molecule has 180 valence electrons. The van der Waals surface area contributed by atoms with Gasteiger partial charge in [-0.3, -0.25) is 13.9 Å². The van der Waals surface area contributed by atoms with Crippen molar-refractivity contribution in [2.24, 2.45) is 0 Å². The molecule has 2 aromatic carbocycles. The Labute approximate surface area is 204 Å². The molecule has 0 bridgehead atoms. The van der Waals surface area contributed by atoms with Crippen LogP contribution >= 0.6 is 15.9 Å². The molecule has 0 aromatic heterocycles. The number of anilines is 1. The number of likely N-dealkylation sites (N-methyl/N-ethyl adjacent to an activating group) is 1. The van der Waals surface area contributed by atoms with Crippen LogP contribution in [0.3, 0.4) is 0 Å². The fraction of sp³-hybridized carbons (Fsp3) is 0.391. The predicted octanol–water partition coefficient (Wildman–Crippen LogP) is 3.17. The van der Waals surface area contributed by atoms with Crippen LogP contribution in [0.4, 0.5) is 5.69 Å². The number of halogens is 1. The Morgan fingerprint density at radius 3 is 2.33 bits per heavy atom. The van der Waals surface area contributed by atoms with E-state index in [1.165, 1.54) is 4.90 Å². The van der Waals surface area contributed by atoms with E-state index < -0.39 is 28.5 Å². The number of nitrogens with zero attached hydrogens (tertiary/aromatic N) is 2. The van der Waals surface area contributed by atoms with Crippen molar-refractivity contribution in [1.29, 1.82) is 0 Å². The van der Waals surface area contributed by atoms with Gasteiger partial charge in [0.1, 0.15) is 18.3 Å². The fourth-order valence-electron chi connectivity index (χ4n) is 3.23. The Balaban J connectivity index is 2.35. The molecule has 33 heavy (non-hydrogen) atoms. The first kappa shape index (κ1) is 26.7. The van der Waals surface area contributed by atoms with Gasteiger partial charge in [-0.05, 0) is 62.7 Å². The number of ether oxygens (including phenoxy) is 1. The summed E-state index contributed by atoms with van der Waals surface area (Å²) in [6.07, 6.45) is 1.04. The second-order valence-electron chi connectivity index (χ2n) is 7.42. The van der Waals surface area contributed by atoms with E-state index in [1.54, 1.807) is 38.1 Å². The largest absolute Gasteiger partial charge is 0.494 e. The smallest absolute Gasteiger partial charge is 0.244 e. The average molecular weight is 540 g/mol. The number of carbonyl (C=O) groups is 2. The van der Waals surface area contributed by atoms with Gasteiger partial charge >= 0.3 is 0 Å². The van der Waals surface area contributed by atoms with Crippen LogP contribution in [0.5, 0.6) is 5.75 Å². The molecule has 0 fully saturated rings. The van der Waals surface area contributed by atoms with Crippen LogP contribution in [0.2, 0.25) is 0 Å². The van der Waals surface area contributed by atoms with Gasteiger partial charge in [0.2, 0.25) is 21.8 Å². The number of hydrogen-bond donors (Lipinski definition) is 1. The van der Waals surface area contributed by atoms with Crippen LogP contribution in [0.25, 0.3) is 0 Å². The van der Waals surface area contributed by atoms with Crippen LogP contribution in [0, 0.1) is 0 Å². The normalized spacial score (nSPS) is 12.0. The summed E-state index contributed by atoms with van der Waals surface area (Å²) < 4.78 is 32.4. The molecule has 0 radical (unpaired) electrons. The van der Waals surface area contributed by atoms with Crippen LogP contribution in [-0.2, 0) is 26.2 Å². The van der Waals surface area contributed by atoms with Crippen molar-refractivity contribution in [3.8, 4) is 5.75 Å². The molecule has 2 amide bonds. The lowest BCUT2D eigenvalue weighted by atomic mass is 10.1. The molecule has 0 aliphatic rings. The number of hydrogen-bond acceptors (Lipinski definition) is 5. The highest BCUT2D eigenvalue weighted by molar-refractivity contribution is 9.10. The predicted molar refractivity (Wildman–Crippen MR) is 133 cm³/mol. The van der Waals surface area contributed by atoms with Crippen molar-refractivity contribution in [2.45, 2.75) is 33.4 Å². The third-order valence-electron chi connectivity index (χ3n) is 4.88. The molecule has 0 aliphatic carbocycles. The molecule has 0 heterocycles. The zero-order valence-electron chi connectivity index (χ0n) is 19.2. The highest BCUT2D eigenvalue weighted by Gasteiger charge is 2.29. The number of benzene rings is 2. The zero-order valence-corrected chi connectivity index (χ0v) is 21.6. The summed E-state index contributed by atoms with van der Waals surface area (Å²) in [5, 5.41) is 2.72. The van der Waals surface area contributed by atoms with Gasteiger partial charge in [-0.2, -0.15) is 0 Å². The van der Waals surface area contributed by atoms with Crippen molar-refractivity contribution in [2.75, 3.05) is 30.3 Å². The van der Waals surface area contributed by atoms with Crippen molar-refractivity contribution in [3.05, 3.63) is 58.6 Å². The lowest BCUT2D eigenvalue weighted by Gasteiger charge is -2.31. The van der Waals surface area contributed by atoms with Crippen molar-refractivity contribution in [1.82, 2.24) is 10.2 Å². The molecule has 2 aromatic rings. The zero-order chi connectivity index (χ0) is 24.6. The molecule has 2 rings (SSSR count). The molecule has 0 unspecified atom stereocenters. The minimum Gasteiger partial charge on any atom is -0.494 e. The molecule has 0 aliphatic heterocycles. The molecule has 0 saturated carbocycles. The molecular formula is C23H30BrN3O5S. The van der Waals surface area contributed by atoms with E-state index in [-0.39, 0.29) is 12.5 Å². The highest BCUT2D eigenvalue weighted by Crippen LogP contribution is 2.23. The number of sulfonamides is 1. The third-order valence-corrected chi connectivity index (χ3v) is 6.51. The second kappa shape index (κ2) is 12.0. The molecular weight excluding hydrogens is 510 g/mol. The Morgan fingerprint density at radius 2 is 1.79 bits per heavy atom. The number of amides is 2. The van der Waals surface area contributed by atoms with Crippen LogP contribution in [-0.4, -0.2) is 57.1 Å². The quantitative estimate of drug-likeness (QED) is 0.473.